The molecule has 0 spiro atoms. The fourth-order valence-corrected chi connectivity index (χ4v) is 2.22. The first-order chi connectivity index (χ1) is 11.7. The molecule has 0 radical (unpaired) electrons. The highest BCUT2D eigenvalue weighted by Crippen LogP contribution is 2.34. The fraction of sp³-hybridized carbons (Fsp3) is 0.235. The molecule has 0 unspecified atom stereocenters. The van der Waals surface area contributed by atoms with Crippen LogP contribution in [0.25, 0.3) is 0 Å². The van der Waals surface area contributed by atoms with Crippen LogP contribution in [0.4, 0.5) is 17.6 Å². The first kappa shape index (κ1) is 19.1. The van der Waals surface area contributed by atoms with Gasteiger partial charge in [-0.2, -0.15) is 13.2 Å². The average molecular weight is 377 g/mol. The summed E-state index contributed by atoms with van der Waals surface area (Å²) in [5.74, 6) is -1.59. The first-order valence-electron chi connectivity index (χ1n) is 7.17. The van der Waals surface area contributed by atoms with Gasteiger partial charge in [0.2, 0.25) is 0 Å². The lowest BCUT2D eigenvalue weighted by Crippen LogP contribution is -2.12. The van der Waals surface area contributed by atoms with Crippen molar-refractivity contribution in [2.75, 3.05) is 6.61 Å². The molecular weight excluding hydrogens is 364 g/mol. The summed E-state index contributed by atoms with van der Waals surface area (Å²) >= 11 is 5.94. The number of carbonyl (C=O) groups is 1. The third kappa shape index (κ3) is 4.85. The Bertz CT molecular complexity index is 775. The maximum absolute atomic E-state index is 13.1. The summed E-state index contributed by atoms with van der Waals surface area (Å²) in [5, 5.41) is 0.115. The molecule has 0 atom stereocenters. The number of alkyl halides is 3. The second kappa shape index (κ2) is 7.74. The van der Waals surface area contributed by atoms with Gasteiger partial charge in [-0.25, -0.2) is 9.18 Å². The van der Waals surface area contributed by atoms with Crippen LogP contribution < -0.4 is 4.74 Å². The maximum Gasteiger partial charge on any atom is 0.416 e. The van der Waals surface area contributed by atoms with Gasteiger partial charge in [0.15, 0.2) is 0 Å². The number of benzene rings is 2. The minimum Gasteiger partial charge on any atom is -0.487 e. The Kier molecular flexibility index (Phi) is 5.89. The van der Waals surface area contributed by atoms with E-state index in [0.29, 0.717) is 6.07 Å². The minimum atomic E-state index is -4.72. The standard InChI is InChI=1S/C17H13ClF4O3/c1-2-24-16(23)10-4-6-14(18)15(7-10)25-9-11-3-5-12(19)8-13(11)17(20,21)22/h3-8H,2,9H2,1H3. The molecule has 0 saturated heterocycles. The lowest BCUT2D eigenvalue weighted by atomic mass is 10.1. The van der Waals surface area contributed by atoms with Crippen molar-refractivity contribution < 1.29 is 31.8 Å². The number of esters is 1. The molecular formula is C17H13ClF4O3. The van der Waals surface area contributed by atoms with Crippen LogP contribution >= 0.6 is 11.6 Å². The van der Waals surface area contributed by atoms with Crippen LogP contribution in [0.15, 0.2) is 36.4 Å². The second-order valence-corrected chi connectivity index (χ2v) is 5.36. The molecule has 0 saturated carbocycles. The summed E-state index contributed by atoms with van der Waals surface area (Å²) in [6, 6.07) is 6.35. The third-order valence-corrected chi connectivity index (χ3v) is 3.52. The van der Waals surface area contributed by atoms with Gasteiger partial charge in [0.05, 0.1) is 22.8 Å². The summed E-state index contributed by atoms with van der Waals surface area (Å²) in [4.78, 5) is 11.7. The van der Waals surface area contributed by atoms with E-state index in [1.807, 2.05) is 0 Å². The largest absolute Gasteiger partial charge is 0.487 e. The minimum absolute atomic E-state index is 0.0182. The number of hydrogen-bond donors (Lipinski definition) is 0. The molecule has 0 bridgehead atoms. The van der Waals surface area contributed by atoms with E-state index in [4.69, 9.17) is 21.1 Å². The molecule has 8 heteroatoms. The third-order valence-electron chi connectivity index (χ3n) is 3.20. The maximum atomic E-state index is 13.1. The quantitative estimate of drug-likeness (QED) is 0.528. The zero-order chi connectivity index (χ0) is 18.6. The first-order valence-corrected chi connectivity index (χ1v) is 7.55. The van der Waals surface area contributed by atoms with Crippen LogP contribution in [0.1, 0.15) is 28.4 Å². The molecule has 0 aliphatic carbocycles. The topological polar surface area (TPSA) is 35.5 Å². The Hall–Kier alpha value is -2.28. The predicted octanol–water partition coefficient (Wildman–Crippen LogP) is 5.25. The molecule has 134 valence electrons. The van der Waals surface area contributed by atoms with Crippen molar-refractivity contribution in [1.29, 1.82) is 0 Å². The average Bonchev–Trinajstić information content (AvgIpc) is 2.54. The summed E-state index contributed by atoms with van der Waals surface area (Å²) in [6.07, 6.45) is -4.72. The van der Waals surface area contributed by atoms with Crippen molar-refractivity contribution in [3.63, 3.8) is 0 Å². The van der Waals surface area contributed by atoms with E-state index in [-0.39, 0.29) is 28.5 Å². The van der Waals surface area contributed by atoms with E-state index in [1.54, 1.807) is 6.92 Å². The molecule has 2 aromatic carbocycles. The SMILES string of the molecule is CCOC(=O)c1ccc(Cl)c(OCc2ccc(F)cc2C(F)(F)F)c1. The number of ether oxygens (including phenoxy) is 2. The van der Waals surface area contributed by atoms with Crippen LogP contribution in [-0.4, -0.2) is 12.6 Å². The lowest BCUT2D eigenvalue weighted by Gasteiger charge is -2.15. The van der Waals surface area contributed by atoms with Crippen LogP contribution in [0, 0.1) is 5.82 Å². The Morgan fingerprint density at radius 3 is 2.52 bits per heavy atom. The number of hydrogen-bond acceptors (Lipinski definition) is 3. The molecule has 0 fully saturated rings. The summed E-state index contributed by atoms with van der Waals surface area (Å²) in [6.45, 7) is 1.31. The van der Waals surface area contributed by atoms with Crippen LogP contribution in [0.5, 0.6) is 5.75 Å². The Morgan fingerprint density at radius 2 is 1.88 bits per heavy atom. The van der Waals surface area contributed by atoms with Crippen molar-refractivity contribution in [1.82, 2.24) is 0 Å². The molecule has 0 aliphatic rings. The summed E-state index contributed by atoms with van der Waals surface area (Å²) in [7, 11) is 0. The zero-order valence-electron chi connectivity index (χ0n) is 13.0. The van der Waals surface area contributed by atoms with Crippen molar-refractivity contribution in [3.05, 3.63) is 63.9 Å². The van der Waals surface area contributed by atoms with E-state index < -0.39 is 30.1 Å². The summed E-state index contributed by atoms with van der Waals surface area (Å²) in [5.41, 5.74) is -1.24. The highest BCUT2D eigenvalue weighted by Gasteiger charge is 2.34. The Balaban J connectivity index is 2.25. The molecule has 3 nitrogen and oxygen atoms in total. The Morgan fingerprint density at radius 1 is 1.16 bits per heavy atom. The van der Waals surface area contributed by atoms with Gasteiger partial charge in [0.25, 0.3) is 0 Å². The van der Waals surface area contributed by atoms with Crippen LogP contribution in [-0.2, 0) is 17.5 Å². The van der Waals surface area contributed by atoms with E-state index in [2.05, 4.69) is 0 Å². The van der Waals surface area contributed by atoms with Crippen molar-refractivity contribution in [2.45, 2.75) is 19.7 Å². The normalized spacial score (nSPS) is 11.3. The van der Waals surface area contributed by atoms with Gasteiger partial charge >= 0.3 is 12.1 Å². The zero-order valence-corrected chi connectivity index (χ0v) is 13.7. The molecule has 0 N–H and O–H groups in total. The van der Waals surface area contributed by atoms with Gasteiger partial charge in [-0.3, -0.25) is 0 Å². The molecule has 0 aliphatic heterocycles. The molecule has 0 amide bonds. The predicted molar refractivity (Wildman–Crippen MR) is 83.1 cm³/mol. The van der Waals surface area contributed by atoms with E-state index in [0.717, 1.165) is 12.1 Å². The van der Waals surface area contributed by atoms with Crippen molar-refractivity contribution in [2.24, 2.45) is 0 Å². The number of halogens is 5. The molecule has 0 aromatic heterocycles. The molecule has 2 aromatic rings. The fourth-order valence-electron chi connectivity index (χ4n) is 2.05. The van der Waals surface area contributed by atoms with E-state index in [9.17, 15) is 22.4 Å². The van der Waals surface area contributed by atoms with Gasteiger partial charge in [0, 0.05) is 5.56 Å². The van der Waals surface area contributed by atoms with Crippen molar-refractivity contribution >= 4 is 17.6 Å². The number of rotatable bonds is 5. The van der Waals surface area contributed by atoms with Gasteiger partial charge in [-0.05, 0) is 37.3 Å². The molecule has 2 rings (SSSR count). The second-order valence-electron chi connectivity index (χ2n) is 4.95. The molecule has 0 heterocycles. The monoisotopic (exact) mass is 376 g/mol. The molecule has 25 heavy (non-hydrogen) atoms. The van der Waals surface area contributed by atoms with Crippen LogP contribution in [0.2, 0.25) is 5.02 Å². The van der Waals surface area contributed by atoms with Gasteiger partial charge < -0.3 is 9.47 Å². The lowest BCUT2D eigenvalue weighted by molar-refractivity contribution is -0.138. The number of carbonyl (C=O) groups excluding carboxylic acids is 1. The van der Waals surface area contributed by atoms with Gasteiger partial charge in [-0.1, -0.05) is 17.7 Å². The highest BCUT2D eigenvalue weighted by atomic mass is 35.5. The van der Waals surface area contributed by atoms with Crippen molar-refractivity contribution in [3.8, 4) is 5.75 Å². The Labute approximate surface area is 146 Å². The smallest absolute Gasteiger partial charge is 0.416 e. The highest BCUT2D eigenvalue weighted by molar-refractivity contribution is 6.32. The van der Waals surface area contributed by atoms with E-state index in [1.165, 1.54) is 18.2 Å². The van der Waals surface area contributed by atoms with Crippen LogP contribution in [0.3, 0.4) is 0 Å². The van der Waals surface area contributed by atoms with Gasteiger partial charge in [0.1, 0.15) is 18.2 Å². The summed E-state index contributed by atoms with van der Waals surface area (Å²) < 4.78 is 62.2. The van der Waals surface area contributed by atoms with Gasteiger partial charge in [-0.15, -0.1) is 0 Å². The van der Waals surface area contributed by atoms with E-state index >= 15 is 0 Å².